The first-order valence-electron chi connectivity index (χ1n) is 6.47. The fourth-order valence-electron chi connectivity index (χ4n) is 1.82. The van der Waals surface area contributed by atoms with Crippen LogP contribution in [0.2, 0.25) is 0 Å². The Balaban J connectivity index is 1.80. The molecular formula is C15H17N3O2. The molecule has 1 heterocycles. The molecule has 5 nitrogen and oxygen atoms in total. The fraction of sp³-hybridized carbons (Fsp3) is 0.267. The lowest BCUT2D eigenvalue weighted by Gasteiger charge is -2.06. The molecule has 1 amide bonds. The van der Waals surface area contributed by atoms with Crippen LogP contribution < -0.4 is 5.32 Å². The zero-order chi connectivity index (χ0) is 14.4. The van der Waals surface area contributed by atoms with Crippen LogP contribution in [0.1, 0.15) is 23.5 Å². The second kappa shape index (κ2) is 6.65. The maximum Gasteiger partial charge on any atom is 0.220 e. The first-order valence-corrected chi connectivity index (χ1v) is 6.47. The van der Waals surface area contributed by atoms with Gasteiger partial charge >= 0.3 is 0 Å². The molecular weight excluding hydrogens is 254 g/mol. The molecule has 0 unspecified atom stereocenters. The molecule has 1 aromatic carbocycles. The number of aryl methyl sites for hydroxylation is 2. The van der Waals surface area contributed by atoms with Crippen LogP contribution in [0.15, 0.2) is 36.5 Å². The van der Waals surface area contributed by atoms with E-state index in [-0.39, 0.29) is 11.7 Å². The van der Waals surface area contributed by atoms with Gasteiger partial charge in [-0.1, -0.05) is 18.2 Å². The van der Waals surface area contributed by atoms with Gasteiger partial charge in [0.2, 0.25) is 5.91 Å². The summed E-state index contributed by atoms with van der Waals surface area (Å²) in [5.41, 5.74) is 1.65. The molecule has 20 heavy (non-hydrogen) atoms. The molecule has 104 valence electrons. The number of nitrogens with zero attached hydrogens (tertiary/aromatic N) is 2. The number of carbonyl (C=O) groups excluding carboxylic acids is 1. The Kier molecular flexibility index (Phi) is 4.65. The Hall–Kier alpha value is -2.43. The lowest BCUT2D eigenvalue weighted by Crippen LogP contribution is -2.24. The maximum atomic E-state index is 11.7. The first kappa shape index (κ1) is 14.0. The van der Waals surface area contributed by atoms with E-state index in [0.717, 1.165) is 11.3 Å². The molecule has 2 N–H and O–H groups in total. The third-order valence-corrected chi connectivity index (χ3v) is 2.90. The summed E-state index contributed by atoms with van der Waals surface area (Å²) in [6.45, 7) is 2.20. The van der Waals surface area contributed by atoms with Crippen molar-refractivity contribution in [2.75, 3.05) is 0 Å². The maximum absolute atomic E-state index is 11.7. The third kappa shape index (κ3) is 4.05. The standard InChI is InChI=1S/C15H17N3O2/c1-11-8-9-16-14(18-11)10-17-15(20)7-6-12-4-2-3-5-13(12)19/h2-5,8-9,19H,6-7,10H2,1H3,(H,17,20). The Labute approximate surface area is 117 Å². The molecule has 5 heteroatoms. The number of phenolic OH excluding ortho intramolecular Hbond substituents is 1. The van der Waals surface area contributed by atoms with Gasteiger partial charge in [-0.3, -0.25) is 4.79 Å². The lowest BCUT2D eigenvalue weighted by molar-refractivity contribution is -0.121. The second-order valence-corrected chi connectivity index (χ2v) is 4.52. The highest BCUT2D eigenvalue weighted by Gasteiger charge is 2.06. The fourth-order valence-corrected chi connectivity index (χ4v) is 1.82. The normalized spacial score (nSPS) is 10.2. The SMILES string of the molecule is Cc1ccnc(CNC(=O)CCc2ccccc2O)n1. The quantitative estimate of drug-likeness (QED) is 0.868. The van der Waals surface area contributed by atoms with E-state index < -0.39 is 0 Å². The number of hydrogen-bond acceptors (Lipinski definition) is 4. The van der Waals surface area contributed by atoms with E-state index in [1.807, 2.05) is 25.1 Å². The van der Waals surface area contributed by atoms with Crippen LogP contribution in [0.5, 0.6) is 5.75 Å². The van der Waals surface area contributed by atoms with Crippen molar-refractivity contribution in [3.05, 3.63) is 53.6 Å². The molecule has 0 bridgehead atoms. The van der Waals surface area contributed by atoms with Crippen molar-refractivity contribution in [1.82, 2.24) is 15.3 Å². The summed E-state index contributed by atoms with van der Waals surface area (Å²) in [7, 11) is 0. The number of benzene rings is 1. The number of amides is 1. The van der Waals surface area contributed by atoms with Crippen LogP contribution in [0.25, 0.3) is 0 Å². The van der Waals surface area contributed by atoms with Crippen molar-refractivity contribution in [1.29, 1.82) is 0 Å². The van der Waals surface area contributed by atoms with Crippen molar-refractivity contribution < 1.29 is 9.90 Å². The molecule has 2 rings (SSSR count). The van der Waals surface area contributed by atoms with Crippen LogP contribution in [-0.2, 0) is 17.8 Å². The van der Waals surface area contributed by atoms with Crippen molar-refractivity contribution >= 4 is 5.91 Å². The van der Waals surface area contributed by atoms with Gasteiger partial charge in [-0.25, -0.2) is 9.97 Å². The highest BCUT2D eigenvalue weighted by atomic mass is 16.3. The number of phenols is 1. The molecule has 0 spiro atoms. The smallest absolute Gasteiger partial charge is 0.220 e. The number of hydrogen-bond donors (Lipinski definition) is 2. The molecule has 0 atom stereocenters. The van der Waals surface area contributed by atoms with Gasteiger partial charge in [-0.15, -0.1) is 0 Å². The Bertz CT molecular complexity index is 599. The van der Waals surface area contributed by atoms with Gasteiger partial charge in [0, 0.05) is 18.3 Å². The summed E-state index contributed by atoms with van der Waals surface area (Å²) in [5.74, 6) is 0.738. The van der Waals surface area contributed by atoms with Crippen molar-refractivity contribution in [2.24, 2.45) is 0 Å². The summed E-state index contributed by atoms with van der Waals surface area (Å²) >= 11 is 0. The van der Waals surface area contributed by atoms with Crippen LogP contribution in [0.4, 0.5) is 0 Å². The molecule has 0 aliphatic heterocycles. The van der Waals surface area contributed by atoms with E-state index in [1.165, 1.54) is 0 Å². The highest BCUT2D eigenvalue weighted by molar-refractivity contribution is 5.76. The van der Waals surface area contributed by atoms with E-state index in [9.17, 15) is 9.90 Å². The second-order valence-electron chi connectivity index (χ2n) is 4.52. The number of nitrogens with one attached hydrogen (secondary N) is 1. The largest absolute Gasteiger partial charge is 0.508 e. The van der Waals surface area contributed by atoms with Crippen LogP contribution in [0, 0.1) is 6.92 Å². The van der Waals surface area contributed by atoms with Gasteiger partial charge in [0.1, 0.15) is 11.6 Å². The third-order valence-electron chi connectivity index (χ3n) is 2.90. The summed E-state index contributed by atoms with van der Waals surface area (Å²) in [6, 6.07) is 8.84. The first-order chi connectivity index (χ1) is 9.65. The Morgan fingerprint density at radius 3 is 2.85 bits per heavy atom. The van der Waals surface area contributed by atoms with Crippen LogP contribution in [-0.4, -0.2) is 21.0 Å². The Morgan fingerprint density at radius 2 is 2.10 bits per heavy atom. The highest BCUT2D eigenvalue weighted by Crippen LogP contribution is 2.16. The van der Waals surface area contributed by atoms with Gasteiger partial charge < -0.3 is 10.4 Å². The number of aromatic nitrogens is 2. The van der Waals surface area contributed by atoms with Gasteiger partial charge in [-0.05, 0) is 31.0 Å². The Morgan fingerprint density at radius 1 is 1.30 bits per heavy atom. The minimum atomic E-state index is -0.0849. The number of para-hydroxylation sites is 1. The van der Waals surface area contributed by atoms with E-state index >= 15 is 0 Å². The van der Waals surface area contributed by atoms with Gasteiger partial charge in [-0.2, -0.15) is 0 Å². The number of rotatable bonds is 5. The number of carbonyl (C=O) groups is 1. The van der Waals surface area contributed by atoms with E-state index in [2.05, 4.69) is 15.3 Å². The molecule has 0 saturated carbocycles. The van der Waals surface area contributed by atoms with Crippen LogP contribution in [0.3, 0.4) is 0 Å². The lowest BCUT2D eigenvalue weighted by atomic mass is 10.1. The molecule has 0 saturated heterocycles. The predicted octanol–water partition coefficient (Wildman–Crippen LogP) is 1.74. The van der Waals surface area contributed by atoms with Crippen molar-refractivity contribution in [3.63, 3.8) is 0 Å². The molecule has 0 aliphatic rings. The molecule has 0 fully saturated rings. The van der Waals surface area contributed by atoms with Gasteiger partial charge in [0.25, 0.3) is 0 Å². The average molecular weight is 271 g/mol. The summed E-state index contributed by atoms with van der Waals surface area (Å²) in [4.78, 5) is 20.0. The molecule has 0 radical (unpaired) electrons. The summed E-state index contributed by atoms with van der Waals surface area (Å²) in [6.07, 6.45) is 2.50. The topological polar surface area (TPSA) is 75.1 Å². The zero-order valence-corrected chi connectivity index (χ0v) is 11.3. The molecule has 2 aromatic rings. The van der Waals surface area contributed by atoms with Crippen LogP contribution >= 0.6 is 0 Å². The van der Waals surface area contributed by atoms with Crippen molar-refractivity contribution in [2.45, 2.75) is 26.3 Å². The zero-order valence-electron chi connectivity index (χ0n) is 11.3. The van der Waals surface area contributed by atoms with Gasteiger partial charge in [0.15, 0.2) is 0 Å². The number of aromatic hydroxyl groups is 1. The van der Waals surface area contributed by atoms with E-state index in [0.29, 0.717) is 25.2 Å². The van der Waals surface area contributed by atoms with E-state index in [4.69, 9.17) is 0 Å². The molecule has 0 aliphatic carbocycles. The molecule has 1 aromatic heterocycles. The monoisotopic (exact) mass is 271 g/mol. The average Bonchev–Trinajstić information content (AvgIpc) is 2.44. The van der Waals surface area contributed by atoms with Crippen molar-refractivity contribution in [3.8, 4) is 5.75 Å². The van der Waals surface area contributed by atoms with E-state index in [1.54, 1.807) is 18.3 Å². The summed E-state index contributed by atoms with van der Waals surface area (Å²) in [5, 5.41) is 12.4. The summed E-state index contributed by atoms with van der Waals surface area (Å²) < 4.78 is 0. The predicted molar refractivity (Wildman–Crippen MR) is 75.0 cm³/mol. The van der Waals surface area contributed by atoms with Gasteiger partial charge in [0.05, 0.1) is 6.54 Å². The minimum absolute atomic E-state index is 0.0849. The minimum Gasteiger partial charge on any atom is -0.508 e.